The fourth-order valence-electron chi connectivity index (χ4n) is 2.15. The molecule has 1 aliphatic rings. The predicted molar refractivity (Wildman–Crippen MR) is 79.2 cm³/mol. The van der Waals surface area contributed by atoms with Gasteiger partial charge in [0, 0.05) is 20.0 Å². The molecule has 1 heterocycles. The Morgan fingerprint density at radius 3 is 2.52 bits per heavy atom. The van der Waals surface area contributed by atoms with Gasteiger partial charge in [0.2, 0.25) is 15.9 Å². The van der Waals surface area contributed by atoms with Gasteiger partial charge in [0.05, 0.1) is 19.3 Å². The first-order valence-corrected chi connectivity index (χ1v) is 8.77. The Labute approximate surface area is 125 Å². The summed E-state index contributed by atoms with van der Waals surface area (Å²) in [6.07, 6.45) is 2.23. The van der Waals surface area contributed by atoms with Crippen molar-refractivity contribution in [3.63, 3.8) is 0 Å². The van der Waals surface area contributed by atoms with Gasteiger partial charge in [0.15, 0.2) is 0 Å². The van der Waals surface area contributed by atoms with Crippen molar-refractivity contribution in [3.05, 3.63) is 23.7 Å². The molecule has 1 aromatic rings. The molecule has 2 rings (SSSR count). The van der Waals surface area contributed by atoms with Crippen LogP contribution >= 0.6 is 0 Å². The molecule has 1 fully saturated rings. The molecule has 0 saturated heterocycles. The number of amides is 1. The van der Waals surface area contributed by atoms with Crippen molar-refractivity contribution in [3.8, 4) is 0 Å². The average Bonchev–Trinajstić information content (AvgIpc) is 2.92. The van der Waals surface area contributed by atoms with Gasteiger partial charge < -0.3 is 9.32 Å². The summed E-state index contributed by atoms with van der Waals surface area (Å²) in [5, 5.41) is 0. The Balaban J connectivity index is 1.90. The quantitative estimate of drug-likeness (QED) is 0.792. The first kappa shape index (κ1) is 16.0. The van der Waals surface area contributed by atoms with Crippen molar-refractivity contribution < 1.29 is 17.6 Å². The second kappa shape index (κ2) is 5.81. The number of likely N-dealkylation sites (N-methyl/N-ethyl adjacent to an activating group) is 2. The zero-order valence-electron chi connectivity index (χ0n) is 12.9. The second-order valence-electron chi connectivity index (χ2n) is 5.89. The monoisotopic (exact) mass is 314 g/mol. The minimum Gasteiger partial charge on any atom is -0.464 e. The molecule has 1 saturated carbocycles. The SMILES string of the molecule is C[C@H]1C[C@@H]1c1ccc(CN(C)C(=O)CN(C)S(C)(=O)=O)o1. The molecule has 1 aliphatic carbocycles. The number of carbonyl (C=O) groups excluding carboxylic acids is 1. The lowest BCUT2D eigenvalue weighted by Crippen LogP contribution is -2.38. The maximum Gasteiger partial charge on any atom is 0.238 e. The van der Waals surface area contributed by atoms with Crippen LogP contribution in [0.15, 0.2) is 16.5 Å². The van der Waals surface area contributed by atoms with Gasteiger partial charge in [-0.1, -0.05) is 6.92 Å². The van der Waals surface area contributed by atoms with Crippen LogP contribution in [0.5, 0.6) is 0 Å². The van der Waals surface area contributed by atoms with Crippen LogP contribution in [0.2, 0.25) is 0 Å². The summed E-state index contributed by atoms with van der Waals surface area (Å²) >= 11 is 0. The van der Waals surface area contributed by atoms with Gasteiger partial charge in [0.1, 0.15) is 11.5 Å². The standard InChI is InChI=1S/C14H22N2O4S/c1-10-7-12(10)13-6-5-11(20-13)8-15(2)14(17)9-16(3)21(4,18)19/h5-6,10,12H,7-9H2,1-4H3/t10-,12-/m0/s1. The van der Waals surface area contributed by atoms with Crippen LogP contribution in [0.4, 0.5) is 0 Å². The van der Waals surface area contributed by atoms with Crippen molar-refractivity contribution in [1.29, 1.82) is 0 Å². The molecule has 2 atom stereocenters. The third-order valence-electron chi connectivity index (χ3n) is 3.90. The molecule has 118 valence electrons. The predicted octanol–water partition coefficient (Wildman–Crippen LogP) is 1.25. The number of rotatable bonds is 6. The molecule has 1 aromatic heterocycles. The fraction of sp³-hybridized carbons (Fsp3) is 0.643. The van der Waals surface area contributed by atoms with E-state index in [1.54, 1.807) is 7.05 Å². The summed E-state index contributed by atoms with van der Waals surface area (Å²) in [6, 6.07) is 3.84. The summed E-state index contributed by atoms with van der Waals surface area (Å²) in [5.41, 5.74) is 0. The molecular weight excluding hydrogens is 292 g/mol. The minimum atomic E-state index is -3.35. The number of sulfonamides is 1. The molecule has 0 radical (unpaired) electrons. The van der Waals surface area contributed by atoms with E-state index in [0.717, 1.165) is 28.5 Å². The summed E-state index contributed by atoms with van der Waals surface area (Å²) in [6.45, 7) is 2.36. The average molecular weight is 314 g/mol. The van der Waals surface area contributed by atoms with Gasteiger partial charge in [-0.3, -0.25) is 4.79 Å². The summed E-state index contributed by atoms with van der Waals surface area (Å²) < 4.78 is 29.4. The molecule has 0 aromatic carbocycles. The minimum absolute atomic E-state index is 0.164. The van der Waals surface area contributed by atoms with Gasteiger partial charge in [-0.25, -0.2) is 8.42 Å². The van der Waals surface area contributed by atoms with Gasteiger partial charge in [0.25, 0.3) is 0 Å². The van der Waals surface area contributed by atoms with Crippen molar-refractivity contribution in [2.75, 3.05) is 26.9 Å². The topological polar surface area (TPSA) is 70.8 Å². The molecule has 0 aliphatic heterocycles. The highest BCUT2D eigenvalue weighted by molar-refractivity contribution is 7.88. The van der Waals surface area contributed by atoms with Crippen LogP contribution in [-0.2, 0) is 21.4 Å². The van der Waals surface area contributed by atoms with Gasteiger partial charge in [-0.05, 0) is 24.5 Å². The highest BCUT2D eigenvalue weighted by Crippen LogP contribution is 2.47. The maximum absolute atomic E-state index is 12.0. The van der Waals surface area contributed by atoms with E-state index in [9.17, 15) is 13.2 Å². The van der Waals surface area contributed by atoms with E-state index in [0.29, 0.717) is 18.4 Å². The van der Waals surface area contributed by atoms with E-state index < -0.39 is 10.0 Å². The molecule has 6 nitrogen and oxygen atoms in total. The Morgan fingerprint density at radius 1 is 1.38 bits per heavy atom. The number of carbonyl (C=O) groups is 1. The zero-order chi connectivity index (χ0) is 15.8. The van der Waals surface area contributed by atoms with Crippen LogP contribution in [0, 0.1) is 5.92 Å². The van der Waals surface area contributed by atoms with Crippen LogP contribution in [0.1, 0.15) is 30.8 Å². The summed E-state index contributed by atoms with van der Waals surface area (Å²) in [4.78, 5) is 13.5. The zero-order valence-corrected chi connectivity index (χ0v) is 13.7. The molecule has 0 N–H and O–H groups in total. The third-order valence-corrected chi connectivity index (χ3v) is 5.16. The first-order valence-electron chi connectivity index (χ1n) is 6.92. The molecule has 0 bridgehead atoms. The Morgan fingerprint density at radius 2 is 2.00 bits per heavy atom. The van der Waals surface area contributed by atoms with Crippen molar-refractivity contribution >= 4 is 15.9 Å². The van der Waals surface area contributed by atoms with Gasteiger partial charge >= 0.3 is 0 Å². The second-order valence-corrected chi connectivity index (χ2v) is 7.98. The smallest absolute Gasteiger partial charge is 0.238 e. The summed E-state index contributed by atoms with van der Waals surface area (Å²) in [7, 11) is -0.318. The lowest BCUT2D eigenvalue weighted by Gasteiger charge is -2.19. The highest BCUT2D eigenvalue weighted by atomic mass is 32.2. The van der Waals surface area contributed by atoms with Crippen LogP contribution in [0.25, 0.3) is 0 Å². The van der Waals surface area contributed by atoms with Crippen molar-refractivity contribution in [2.45, 2.75) is 25.8 Å². The number of hydrogen-bond donors (Lipinski definition) is 0. The largest absolute Gasteiger partial charge is 0.464 e. The Kier molecular flexibility index (Phi) is 4.43. The Bertz CT molecular complexity index is 623. The van der Waals surface area contributed by atoms with E-state index in [2.05, 4.69) is 6.92 Å². The maximum atomic E-state index is 12.0. The van der Waals surface area contributed by atoms with E-state index in [-0.39, 0.29) is 12.5 Å². The molecule has 0 unspecified atom stereocenters. The summed E-state index contributed by atoms with van der Waals surface area (Å²) in [5.74, 6) is 2.62. The normalized spacial score (nSPS) is 21.6. The van der Waals surface area contributed by atoms with E-state index in [1.807, 2.05) is 12.1 Å². The van der Waals surface area contributed by atoms with Gasteiger partial charge in [-0.2, -0.15) is 4.31 Å². The molecule has 21 heavy (non-hydrogen) atoms. The number of nitrogens with zero attached hydrogens (tertiary/aromatic N) is 2. The van der Waals surface area contributed by atoms with E-state index >= 15 is 0 Å². The molecule has 1 amide bonds. The van der Waals surface area contributed by atoms with E-state index in [4.69, 9.17) is 4.42 Å². The van der Waals surface area contributed by atoms with Crippen LogP contribution in [0.3, 0.4) is 0 Å². The highest BCUT2D eigenvalue weighted by Gasteiger charge is 2.36. The molecular formula is C14H22N2O4S. The van der Waals surface area contributed by atoms with Crippen molar-refractivity contribution in [1.82, 2.24) is 9.21 Å². The lowest BCUT2D eigenvalue weighted by atomic mass is 10.3. The molecule has 7 heteroatoms. The van der Waals surface area contributed by atoms with Crippen LogP contribution < -0.4 is 0 Å². The van der Waals surface area contributed by atoms with E-state index in [1.165, 1.54) is 11.9 Å². The fourth-order valence-corrected chi connectivity index (χ4v) is 2.49. The number of furan rings is 1. The lowest BCUT2D eigenvalue weighted by molar-refractivity contribution is -0.130. The number of hydrogen-bond acceptors (Lipinski definition) is 4. The first-order chi connectivity index (χ1) is 9.68. The Hall–Kier alpha value is -1.34. The van der Waals surface area contributed by atoms with Crippen molar-refractivity contribution in [2.24, 2.45) is 5.92 Å². The van der Waals surface area contributed by atoms with Crippen LogP contribution in [-0.4, -0.2) is 50.4 Å². The molecule has 0 spiro atoms. The third kappa shape index (κ3) is 4.07. The van der Waals surface area contributed by atoms with Gasteiger partial charge in [-0.15, -0.1) is 0 Å².